The van der Waals surface area contributed by atoms with Crippen LogP contribution in [0.1, 0.15) is 5.56 Å². The monoisotopic (exact) mass is 408 g/mol. The molecule has 1 saturated heterocycles. The summed E-state index contributed by atoms with van der Waals surface area (Å²) in [6, 6.07) is 14.8. The van der Waals surface area contributed by atoms with E-state index in [0.29, 0.717) is 43.2 Å². The zero-order valence-corrected chi connectivity index (χ0v) is 16.4. The summed E-state index contributed by atoms with van der Waals surface area (Å²) in [6.45, 7) is 2.41. The molecule has 0 saturated carbocycles. The Morgan fingerprint density at radius 1 is 1.00 bits per heavy atom. The van der Waals surface area contributed by atoms with Gasteiger partial charge in [-0.05, 0) is 18.2 Å². The third-order valence-electron chi connectivity index (χ3n) is 4.71. The summed E-state index contributed by atoms with van der Waals surface area (Å²) in [7, 11) is -3.48. The van der Waals surface area contributed by atoms with Crippen LogP contribution in [0.15, 0.2) is 59.5 Å². The summed E-state index contributed by atoms with van der Waals surface area (Å²) in [6.07, 6.45) is -0.718. The van der Waals surface area contributed by atoms with Crippen LogP contribution in [0.25, 0.3) is 0 Å². The number of hydrogen-bond donors (Lipinski definition) is 1. The Morgan fingerprint density at radius 3 is 2.32 bits per heavy atom. The molecular weight excluding hydrogens is 383 g/mol. The predicted molar refractivity (Wildman–Crippen MR) is 104 cm³/mol. The molecule has 0 aromatic heterocycles. The molecular formula is C20H25FN2O4S. The minimum absolute atomic E-state index is 0.0941. The van der Waals surface area contributed by atoms with Gasteiger partial charge in [0.15, 0.2) is 0 Å². The van der Waals surface area contributed by atoms with Crippen LogP contribution in [0.3, 0.4) is 0 Å². The van der Waals surface area contributed by atoms with Crippen LogP contribution in [-0.4, -0.2) is 68.2 Å². The highest BCUT2D eigenvalue weighted by molar-refractivity contribution is 7.89. The van der Waals surface area contributed by atoms with Crippen LogP contribution in [0.2, 0.25) is 0 Å². The number of ether oxygens (including phenoxy) is 1. The lowest BCUT2D eigenvalue weighted by Gasteiger charge is -2.34. The molecule has 0 spiro atoms. The fraction of sp³-hybridized carbons (Fsp3) is 0.400. The van der Waals surface area contributed by atoms with Crippen molar-refractivity contribution in [2.75, 3.05) is 39.3 Å². The van der Waals surface area contributed by atoms with Crippen LogP contribution >= 0.6 is 0 Å². The van der Waals surface area contributed by atoms with Gasteiger partial charge in [0.05, 0.1) is 24.2 Å². The molecule has 6 nitrogen and oxygen atoms in total. The Balaban J connectivity index is 1.42. The Bertz CT molecular complexity index is 856. The second-order valence-corrected chi connectivity index (χ2v) is 8.72. The maximum Gasteiger partial charge on any atom is 0.243 e. The highest BCUT2D eigenvalue weighted by Gasteiger charge is 2.28. The molecule has 0 bridgehead atoms. The summed E-state index contributed by atoms with van der Waals surface area (Å²) in [5, 5.41) is 10.2. The number of nitrogens with zero attached hydrogens (tertiary/aromatic N) is 2. The Hall–Kier alpha value is -1.84. The molecule has 1 fully saturated rings. The van der Waals surface area contributed by atoms with E-state index < -0.39 is 16.1 Å². The van der Waals surface area contributed by atoms with Gasteiger partial charge in [-0.25, -0.2) is 12.8 Å². The third kappa shape index (κ3) is 5.36. The van der Waals surface area contributed by atoms with E-state index in [1.54, 1.807) is 48.5 Å². The summed E-state index contributed by atoms with van der Waals surface area (Å²) < 4.78 is 45.7. The van der Waals surface area contributed by atoms with E-state index in [-0.39, 0.29) is 19.0 Å². The number of aliphatic hydroxyl groups excluding tert-OH is 1. The summed E-state index contributed by atoms with van der Waals surface area (Å²) in [5.74, 6) is -0.326. The fourth-order valence-corrected chi connectivity index (χ4v) is 4.61. The molecule has 1 aliphatic heterocycles. The standard InChI is InChI=1S/C20H25FN2O4S/c21-20-9-5-4-6-17(20)15-27-16-18(24)14-22-10-12-23(13-11-22)28(25,26)19-7-2-1-3-8-19/h1-9,18,24H,10-16H2. The SMILES string of the molecule is O=S(=O)(c1ccccc1)N1CCN(CC(O)COCc2ccccc2F)CC1. The van der Waals surface area contributed by atoms with E-state index in [9.17, 15) is 17.9 Å². The number of piperazine rings is 1. The van der Waals surface area contributed by atoms with Crippen LogP contribution in [-0.2, 0) is 21.4 Å². The smallest absolute Gasteiger partial charge is 0.243 e. The van der Waals surface area contributed by atoms with Gasteiger partial charge in [0.25, 0.3) is 0 Å². The molecule has 1 atom stereocenters. The lowest BCUT2D eigenvalue weighted by Crippen LogP contribution is -2.50. The van der Waals surface area contributed by atoms with Gasteiger partial charge in [0, 0.05) is 38.3 Å². The Kier molecular flexibility index (Phi) is 7.14. The highest BCUT2D eigenvalue weighted by Crippen LogP contribution is 2.17. The first kappa shape index (κ1) is 20.9. The van der Waals surface area contributed by atoms with Crippen molar-refractivity contribution < 1.29 is 22.7 Å². The molecule has 1 heterocycles. The summed E-state index contributed by atoms with van der Waals surface area (Å²) in [5.41, 5.74) is 0.453. The average molecular weight is 408 g/mol. The molecule has 28 heavy (non-hydrogen) atoms. The molecule has 3 rings (SSSR count). The normalized spacial score (nSPS) is 17.5. The summed E-state index contributed by atoms with van der Waals surface area (Å²) in [4.78, 5) is 2.30. The molecule has 152 valence electrons. The molecule has 0 aliphatic carbocycles. The van der Waals surface area contributed by atoms with Gasteiger partial charge >= 0.3 is 0 Å². The van der Waals surface area contributed by atoms with E-state index in [1.165, 1.54) is 10.4 Å². The zero-order valence-electron chi connectivity index (χ0n) is 15.6. The minimum Gasteiger partial charge on any atom is -0.389 e. The number of sulfonamides is 1. The van der Waals surface area contributed by atoms with Gasteiger partial charge in [-0.2, -0.15) is 4.31 Å². The lowest BCUT2D eigenvalue weighted by atomic mass is 10.2. The molecule has 1 aliphatic rings. The predicted octanol–water partition coefficient (Wildman–Crippen LogP) is 1.71. The highest BCUT2D eigenvalue weighted by atomic mass is 32.2. The molecule has 2 aromatic carbocycles. The topological polar surface area (TPSA) is 70.1 Å². The second-order valence-electron chi connectivity index (χ2n) is 6.78. The van der Waals surface area contributed by atoms with Crippen LogP contribution in [0, 0.1) is 5.82 Å². The second kappa shape index (κ2) is 9.58. The van der Waals surface area contributed by atoms with Crippen molar-refractivity contribution in [2.45, 2.75) is 17.6 Å². The van der Waals surface area contributed by atoms with Gasteiger partial charge in [0.2, 0.25) is 10.0 Å². The first-order chi connectivity index (χ1) is 13.5. The number of aliphatic hydroxyl groups is 1. The van der Waals surface area contributed by atoms with Gasteiger partial charge in [-0.3, -0.25) is 4.90 Å². The van der Waals surface area contributed by atoms with Crippen molar-refractivity contribution in [3.05, 3.63) is 66.0 Å². The number of halogens is 1. The van der Waals surface area contributed by atoms with Crippen molar-refractivity contribution >= 4 is 10.0 Å². The number of benzene rings is 2. The molecule has 0 radical (unpaired) electrons. The van der Waals surface area contributed by atoms with Gasteiger partial charge < -0.3 is 9.84 Å². The van der Waals surface area contributed by atoms with Crippen molar-refractivity contribution in [2.24, 2.45) is 0 Å². The van der Waals surface area contributed by atoms with E-state index in [2.05, 4.69) is 0 Å². The zero-order chi connectivity index (χ0) is 20.0. The minimum atomic E-state index is -3.48. The van der Waals surface area contributed by atoms with Crippen LogP contribution in [0.5, 0.6) is 0 Å². The maximum absolute atomic E-state index is 13.5. The molecule has 1 unspecified atom stereocenters. The maximum atomic E-state index is 13.5. The first-order valence-corrected chi connectivity index (χ1v) is 10.7. The van der Waals surface area contributed by atoms with Gasteiger partial charge in [-0.15, -0.1) is 0 Å². The number of hydrogen-bond acceptors (Lipinski definition) is 5. The van der Waals surface area contributed by atoms with Crippen LogP contribution < -0.4 is 0 Å². The quantitative estimate of drug-likeness (QED) is 0.720. The average Bonchev–Trinajstić information content (AvgIpc) is 2.70. The third-order valence-corrected chi connectivity index (χ3v) is 6.62. The molecule has 1 N–H and O–H groups in total. The van der Waals surface area contributed by atoms with Gasteiger partial charge in [0.1, 0.15) is 5.82 Å². The number of rotatable bonds is 8. The van der Waals surface area contributed by atoms with Crippen LogP contribution in [0.4, 0.5) is 4.39 Å². The fourth-order valence-electron chi connectivity index (χ4n) is 3.17. The van der Waals surface area contributed by atoms with E-state index in [0.717, 1.165) is 0 Å². The lowest BCUT2D eigenvalue weighted by molar-refractivity contribution is 0.00469. The van der Waals surface area contributed by atoms with Crippen molar-refractivity contribution in [3.8, 4) is 0 Å². The largest absolute Gasteiger partial charge is 0.389 e. The van der Waals surface area contributed by atoms with E-state index in [1.807, 2.05) is 4.90 Å². The number of β-amino-alcohol motifs (C(OH)–C–C–N with tert-alkyl or cyclic N) is 1. The molecule has 0 amide bonds. The summed E-state index contributed by atoms with van der Waals surface area (Å²) >= 11 is 0. The van der Waals surface area contributed by atoms with E-state index >= 15 is 0 Å². The van der Waals surface area contributed by atoms with Gasteiger partial charge in [-0.1, -0.05) is 36.4 Å². The van der Waals surface area contributed by atoms with E-state index in [4.69, 9.17) is 4.74 Å². The first-order valence-electron chi connectivity index (χ1n) is 9.23. The Morgan fingerprint density at radius 2 is 1.64 bits per heavy atom. The van der Waals surface area contributed by atoms with Crippen molar-refractivity contribution in [1.29, 1.82) is 0 Å². The molecule has 2 aromatic rings. The van der Waals surface area contributed by atoms with Crippen molar-refractivity contribution in [3.63, 3.8) is 0 Å². The Labute approximate surface area is 165 Å². The van der Waals surface area contributed by atoms with Crippen molar-refractivity contribution in [1.82, 2.24) is 9.21 Å². The molecule has 8 heteroatoms.